The zero-order valence-corrected chi connectivity index (χ0v) is 12.0. The number of benzene rings is 1. The van der Waals surface area contributed by atoms with Gasteiger partial charge in [0, 0.05) is 22.7 Å². The van der Waals surface area contributed by atoms with Crippen LogP contribution in [0.1, 0.15) is 15.4 Å². The molecule has 1 amide bonds. The van der Waals surface area contributed by atoms with E-state index in [1.54, 1.807) is 17.4 Å². The van der Waals surface area contributed by atoms with Gasteiger partial charge in [-0.3, -0.25) is 4.79 Å². The lowest BCUT2D eigenvalue weighted by Crippen LogP contribution is -2.10. The Bertz CT molecular complexity index is 746. The van der Waals surface area contributed by atoms with Crippen LogP contribution in [0, 0.1) is 0 Å². The van der Waals surface area contributed by atoms with Crippen LogP contribution in [0.15, 0.2) is 58.5 Å². The number of thiophene rings is 1. The number of furan rings is 1. The fraction of sp³-hybridized carbons (Fsp3) is 0.0625. The van der Waals surface area contributed by atoms with E-state index in [0.29, 0.717) is 0 Å². The minimum Gasteiger partial charge on any atom is -0.459 e. The monoisotopic (exact) mass is 298 g/mol. The Morgan fingerprint density at radius 1 is 1.24 bits per heavy atom. The van der Waals surface area contributed by atoms with Crippen molar-refractivity contribution < 1.29 is 9.21 Å². The Labute approximate surface area is 126 Å². The second kappa shape index (κ2) is 5.85. The molecular weight excluding hydrogens is 284 g/mol. The summed E-state index contributed by atoms with van der Waals surface area (Å²) in [6.07, 6.45) is 1.48. The highest BCUT2D eigenvalue weighted by atomic mass is 32.1. The summed E-state index contributed by atoms with van der Waals surface area (Å²) < 4.78 is 5.13. The van der Waals surface area contributed by atoms with E-state index in [2.05, 4.69) is 5.32 Å². The second-order valence-corrected chi connectivity index (χ2v) is 5.54. The van der Waals surface area contributed by atoms with E-state index in [1.807, 2.05) is 41.8 Å². The molecule has 0 aliphatic heterocycles. The highest BCUT2D eigenvalue weighted by molar-refractivity contribution is 7.10. The van der Waals surface area contributed by atoms with Gasteiger partial charge >= 0.3 is 0 Å². The number of primary amides is 1. The van der Waals surface area contributed by atoms with E-state index in [4.69, 9.17) is 10.2 Å². The lowest BCUT2D eigenvalue weighted by Gasteiger charge is -2.03. The van der Waals surface area contributed by atoms with Gasteiger partial charge in [-0.1, -0.05) is 18.2 Å². The van der Waals surface area contributed by atoms with Crippen molar-refractivity contribution in [3.63, 3.8) is 0 Å². The Kier molecular flexibility index (Phi) is 3.75. The molecule has 3 aromatic rings. The number of hydrogen-bond acceptors (Lipinski definition) is 4. The first-order chi connectivity index (χ1) is 10.2. The molecule has 4 nitrogen and oxygen atoms in total. The molecule has 0 saturated heterocycles. The third-order valence-corrected chi connectivity index (χ3v) is 4.03. The number of para-hydroxylation sites is 1. The van der Waals surface area contributed by atoms with Crippen molar-refractivity contribution >= 4 is 22.9 Å². The van der Waals surface area contributed by atoms with E-state index in [1.165, 1.54) is 11.1 Å². The molecule has 0 unspecified atom stereocenters. The van der Waals surface area contributed by atoms with Crippen molar-refractivity contribution in [2.24, 2.45) is 5.73 Å². The van der Waals surface area contributed by atoms with E-state index in [0.717, 1.165) is 23.4 Å². The summed E-state index contributed by atoms with van der Waals surface area (Å²) in [5.41, 5.74) is 8.07. The van der Waals surface area contributed by atoms with Crippen LogP contribution in [-0.2, 0) is 6.54 Å². The van der Waals surface area contributed by atoms with Crippen LogP contribution in [0.5, 0.6) is 0 Å². The number of nitrogens with two attached hydrogens (primary N) is 1. The molecule has 0 aliphatic rings. The van der Waals surface area contributed by atoms with E-state index in [-0.39, 0.29) is 5.76 Å². The van der Waals surface area contributed by atoms with Gasteiger partial charge in [0.2, 0.25) is 0 Å². The topological polar surface area (TPSA) is 68.3 Å². The second-order valence-electron chi connectivity index (χ2n) is 4.55. The van der Waals surface area contributed by atoms with Crippen LogP contribution in [0.3, 0.4) is 0 Å². The summed E-state index contributed by atoms with van der Waals surface area (Å²) in [5, 5.41) is 5.35. The molecule has 0 bridgehead atoms. The number of hydrogen-bond donors (Lipinski definition) is 2. The van der Waals surface area contributed by atoms with Gasteiger partial charge in [0.15, 0.2) is 5.76 Å². The van der Waals surface area contributed by atoms with Crippen molar-refractivity contribution in [3.05, 3.63) is 64.7 Å². The number of rotatable bonds is 5. The summed E-state index contributed by atoms with van der Waals surface area (Å²) in [7, 11) is 0. The molecule has 21 heavy (non-hydrogen) atoms. The molecular formula is C16H14N2O2S. The number of carbonyl (C=O) groups excluding carboxylic acids is 1. The van der Waals surface area contributed by atoms with Crippen molar-refractivity contribution in [1.82, 2.24) is 0 Å². The first kappa shape index (κ1) is 13.5. The Morgan fingerprint density at radius 2 is 2.05 bits per heavy atom. The Hall–Kier alpha value is -2.53. The van der Waals surface area contributed by atoms with Crippen LogP contribution >= 0.6 is 11.3 Å². The summed E-state index contributed by atoms with van der Waals surface area (Å²) >= 11 is 1.63. The largest absolute Gasteiger partial charge is 0.459 e. The fourth-order valence-corrected chi connectivity index (χ4v) is 2.91. The first-order valence-corrected chi connectivity index (χ1v) is 7.36. The maximum atomic E-state index is 11.3. The molecule has 0 aliphatic carbocycles. The van der Waals surface area contributed by atoms with E-state index in [9.17, 15) is 4.79 Å². The molecule has 3 N–H and O–H groups in total. The summed E-state index contributed by atoms with van der Waals surface area (Å²) in [6, 6.07) is 13.8. The fourth-order valence-electron chi connectivity index (χ4n) is 2.09. The molecule has 0 fully saturated rings. The van der Waals surface area contributed by atoms with Crippen molar-refractivity contribution in [2.45, 2.75) is 6.54 Å². The van der Waals surface area contributed by atoms with Crippen molar-refractivity contribution in [3.8, 4) is 11.1 Å². The zero-order valence-electron chi connectivity index (χ0n) is 11.2. The average molecular weight is 298 g/mol. The maximum absolute atomic E-state index is 11.3. The standard InChI is InChI=1S/C16H14N2O2S/c17-16(19)15-14(6-7-20-15)11-8-13(21-10-11)9-18-12-4-2-1-3-5-12/h1-8,10,18H,9H2,(H2,17,19). The molecule has 0 spiro atoms. The van der Waals surface area contributed by atoms with Gasteiger partial charge < -0.3 is 15.5 Å². The molecule has 106 valence electrons. The SMILES string of the molecule is NC(=O)c1occc1-c1csc(CNc2ccccc2)c1. The van der Waals surface area contributed by atoms with Crippen LogP contribution in [0.2, 0.25) is 0 Å². The van der Waals surface area contributed by atoms with Gasteiger partial charge in [0.05, 0.1) is 6.26 Å². The van der Waals surface area contributed by atoms with Gasteiger partial charge in [-0.25, -0.2) is 0 Å². The molecule has 2 heterocycles. The first-order valence-electron chi connectivity index (χ1n) is 6.48. The lowest BCUT2D eigenvalue weighted by atomic mass is 10.1. The van der Waals surface area contributed by atoms with Crippen LogP contribution in [0.25, 0.3) is 11.1 Å². The normalized spacial score (nSPS) is 10.5. The molecule has 0 saturated carbocycles. The van der Waals surface area contributed by atoms with Gasteiger partial charge in [0.1, 0.15) is 0 Å². The van der Waals surface area contributed by atoms with Crippen LogP contribution < -0.4 is 11.1 Å². The Balaban J connectivity index is 1.74. The van der Waals surface area contributed by atoms with Crippen molar-refractivity contribution in [2.75, 3.05) is 5.32 Å². The minimum absolute atomic E-state index is 0.204. The molecule has 3 rings (SSSR count). The summed E-state index contributed by atoms with van der Waals surface area (Å²) in [5.74, 6) is -0.347. The predicted octanol–water partition coefficient (Wildman–Crippen LogP) is 3.72. The molecule has 2 aromatic heterocycles. The molecule has 0 radical (unpaired) electrons. The number of amides is 1. The van der Waals surface area contributed by atoms with E-state index < -0.39 is 5.91 Å². The van der Waals surface area contributed by atoms with Gasteiger partial charge in [-0.15, -0.1) is 11.3 Å². The molecule has 0 atom stereocenters. The van der Waals surface area contributed by atoms with Crippen LogP contribution in [0.4, 0.5) is 5.69 Å². The number of carbonyl (C=O) groups is 1. The van der Waals surface area contributed by atoms with Crippen molar-refractivity contribution in [1.29, 1.82) is 0 Å². The smallest absolute Gasteiger partial charge is 0.285 e. The molecule has 1 aromatic carbocycles. The number of nitrogens with one attached hydrogen (secondary N) is 1. The predicted molar refractivity (Wildman–Crippen MR) is 84.3 cm³/mol. The zero-order chi connectivity index (χ0) is 14.7. The minimum atomic E-state index is -0.551. The van der Waals surface area contributed by atoms with Gasteiger partial charge in [-0.2, -0.15) is 0 Å². The van der Waals surface area contributed by atoms with Gasteiger partial charge in [-0.05, 0) is 35.2 Å². The quantitative estimate of drug-likeness (QED) is 0.754. The highest BCUT2D eigenvalue weighted by Gasteiger charge is 2.14. The average Bonchev–Trinajstić information content (AvgIpc) is 3.15. The van der Waals surface area contributed by atoms with Gasteiger partial charge in [0.25, 0.3) is 5.91 Å². The van der Waals surface area contributed by atoms with Crippen LogP contribution in [-0.4, -0.2) is 5.91 Å². The lowest BCUT2D eigenvalue weighted by molar-refractivity contribution is 0.0975. The maximum Gasteiger partial charge on any atom is 0.285 e. The summed E-state index contributed by atoms with van der Waals surface area (Å²) in [4.78, 5) is 12.5. The number of anilines is 1. The summed E-state index contributed by atoms with van der Waals surface area (Å²) in [6.45, 7) is 0.735. The molecule has 5 heteroatoms. The van der Waals surface area contributed by atoms with E-state index >= 15 is 0 Å². The third kappa shape index (κ3) is 2.98. The third-order valence-electron chi connectivity index (χ3n) is 3.09. The highest BCUT2D eigenvalue weighted by Crippen LogP contribution is 2.29. The Morgan fingerprint density at radius 3 is 2.81 bits per heavy atom.